The molecular formula is C14H22N2O4. The van der Waals surface area contributed by atoms with Gasteiger partial charge in [-0.2, -0.15) is 0 Å². The Morgan fingerprint density at radius 3 is 2.60 bits per heavy atom. The molecule has 0 aromatic carbocycles. The van der Waals surface area contributed by atoms with Crippen molar-refractivity contribution in [2.24, 2.45) is 17.8 Å². The zero-order valence-electron chi connectivity index (χ0n) is 11.5. The van der Waals surface area contributed by atoms with Gasteiger partial charge >= 0.3 is 12.0 Å². The molecule has 112 valence electrons. The molecule has 5 atom stereocenters. The quantitative estimate of drug-likeness (QED) is 0.709. The summed E-state index contributed by atoms with van der Waals surface area (Å²) in [6.45, 7) is 0.748. The van der Waals surface area contributed by atoms with Crippen LogP contribution in [0.1, 0.15) is 32.1 Å². The van der Waals surface area contributed by atoms with Gasteiger partial charge in [0.25, 0.3) is 0 Å². The second-order valence-corrected chi connectivity index (χ2v) is 6.52. The molecule has 0 aromatic rings. The number of carbonyl (C=O) groups is 2. The SMILES string of the molecule is O=C(O)[C@@H]1C[C@H](O)CN1C(=O)NCC1CC2CCC1C2. The van der Waals surface area contributed by atoms with Gasteiger partial charge in [0.15, 0.2) is 0 Å². The lowest BCUT2D eigenvalue weighted by atomic mass is 9.89. The minimum absolute atomic E-state index is 0.111. The number of carboxylic acids is 1. The van der Waals surface area contributed by atoms with Gasteiger partial charge in [-0.15, -0.1) is 0 Å². The van der Waals surface area contributed by atoms with Crippen LogP contribution in [0.15, 0.2) is 0 Å². The van der Waals surface area contributed by atoms with E-state index in [1.807, 2.05) is 0 Å². The molecule has 1 saturated heterocycles. The minimum atomic E-state index is -1.04. The lowest BCUT2D eigenvalue weighted by Crippen LogP contribution is -2.47. The largest absolute Gasteiger partial charge is 0.480 e. The van der Waals surface area contributed by atoms with Gasteiger partial charge in [0.05, 0.1) is 6.10 Å². The number of aliphatic hydroxyl groups is 1. The van der Waals surface area contributed by atoms with E-state index in [0.29, 0.717) is 12.5 Å². The molecule has 2 aliphatic carbocycles. The first-order valence-electron chi connectivity index (χ1n) is 7.50. The van der Waals surface area contributed by atoms with Crippen molar-refractivity contribution in [1.82, 2.24) is 10.2 Å². The fourth-order valence-electron chi connectivity index (χ4n) is 4.22. The number of nitrogens with one attached hydrogen (secondary N) is 1. The Balaban J connectivity index is 1.52. The molecule has 0 aromatic heterocycles. The zero-order chi connectivity index (χ0) is 14.3. The number of carboxylic acid groups (broad SMARTS) is 1. The lowest BCUT2D eigenvalue weighted by molar-refractivity contribution is -0.141. The van der Waals surface area contributed by atoms with Crippen LogP contribution in [0.2, 0.25) is 0 Å². The summed E-state index contributed by atoms with van der Waals surface area (Å²) in [4.78, 5) is 24.5. The molecule has 0 spiro atoms. The smallest absolute Gasteiger partial charge is 0.326 e. The maximum atomic E-state index is 12.1. The van der Waals surface area contributed by atoms with Crippen LogP contribution in [0.3, 0.4) is 0 Å². The number of fused-ring (bicyclic) bond motifs is 2. The molecule has 3 N–H and O–H groups in total. The van der Waals surface area contributed by atoms with E-state index in [-0.39, 0.29) is 19.0 Å². The Morgan fingerprint density at radius 1 is 1.20 bits per heavy atom. The van der Waals surface area contributed by atoms with Gasteiger partial charge in [-0.3, -0.25) is 0 Å². The predicted molar refractivity (Wildman–Crippen MR) is 71.1 cm³/mol. The van der Waals surface area contributed by atoms with Crippen molar-refractivity contribution in [2.45, 2.75) is 44.2 Å². The second-order valence-electron chi connectivity index (χ2n) is 6.52. The van der Waals surface area contributed by atoms with E-state index in [2.05, 4.69) is 5.32 Å². The third kappa shape index (κ3) is 2.49. The third-order valence-corrected chi connectivity index (χ3v) is 5.22. The van der Waals surface area contributed by atoms with E-state index in [1.165, 1.54) is 30.6 Å². The number of likely N-dealkylation sites (tertiary alicyclic amines) is 1. The van der Waals surface area contributed by atoms with E-state index in [1.54, 1.807) is 0 Å². The van der Waals surface area contributed by atoms with Crippen molar-refractivity contribution < 1.29 is 19.8 Å². The van der Waals surface area contributed by atoms with Gasteiger partial charge in [-0.25, -0.2) is 9.59 Å². The van der Waals surface area contributed by atoms with E-state index in [9.17, 15) is 14.7 Å². The number of hydrogen-bond acceptors (Lipinski definition) is 3. The van der Waals surface area contributed by atoms with Crippen molar-refractivity contribution >= 4 is 12.0 Å². The first-order chi connectivity index (χ1) is 9.54. The molecule has 1 heterocycles. The highest BCUT2D eigenvalue weighted by molar-refractivity contribution is 5.83. The number of aliphatic carboxylic acids is 1. The highest BCUT2D eigenvalue weighted by Gasteiger charge is 2.41. The summed E-state index contributed by atoms with van der Waals surface area (Å²) in [5, 5.41) is 21.5. The first kappa shape index (κ1) is 13.7. The molecule has 3 rings (SSSR count). The first-order valence-corrected chi connectivity index (χ1v) is 7.50. The maximum absolute atomic E-state index is 12.1. The molecule has 6 nitrogen and oxygen atoms in total. The average molecular weight is 282 g/mol. The average Bonchev–Trinajstić information content (AvgIpc) is 3.09. The summed E-state index contributed by atoms with van der Waals surface area (Å²) in [7, 11) is 0. The molecule has 2 amide bonds. The number of urea groups is 1. The summed E-state index contributed by atoms with van der Waals surface area (Å²) in [6, 6.07) is -1.25. The van der Waals surface area contributed by atoms with Crippen LogP contribution in [0.4, 0.5) is 4.79 Å². The standard InChI is InChI=1S/C14H22N2O4/c17-11-5-12(13(18)19)16(7-11)14(20)15-6-10-4-8-1-2-9(10)3-8/h8-12,17H,1-7H2,(H,15,20)(H,18,19)/t8?,9?,10?,11-,12-/m0/s1. The van der Waals surface area contributed by atoms with Crippen molar-refractivity contribution in [1.29, 1.82) is 0 Å². The Morgan fingerprint density at radius 2 is 2.00 bits per heavy atom. The van der Waals surface area contributed by atoms with Crippen molar-refractivity contribution in [3.63, 3.8) is 0 Å². The Labute approximate surface area is 118 Å². The fourth-order valence-corrected chi connectivity index (χ4v) is 4.22. The molecular weight excluding hydrogens is 260 g/mol. The molecule has 6 heteroatoms. The van der Waals surface area contributed by atoms with Crippen LogP contribution in [0.25, 0.3) is 0 Å². The van der Waals surface area contributed by atoms with Gasteiger partial charge in [0, 0.05) is 19.5 Å². The van der Waals surface area contributed by atoms with E-state index < -0.39 is 18.1 Å². The monoisotopic (exact) mass is 282 g/mol. The van der Waals surface area contributed by atoms with Crippen LogP contribution < -0.4 is 5.32 Å². The van der Waals surface area contributed by atoms with Gasteiger partial charge < -0.3 is 20.4 Å². The van der Waals surface area contributed by atoms with Crippen LogP contribution in [0.5, 0.6) is 0 Å². The van der Waals surface area contributed by atoms with Gasteiger partial charge in [0.1, 0.15) is 6.04 Å². The number of amides is 2. The summed E-state index contributed by atoms with van der Waals surface area (Å²) < 4.78 is 0. The second kappa shape index (κ2) is 5.24. The van der Waals surface area contributed by atoms with E-state index in [0.717, 1.165) is 11.8 Å². The highest BCUT2D eigenvalue weighted by Crippen LogP contribution is 2.47. The van der Waals surface area contributed by atoms with E-state index in [4.69, 9.17) is 5.11 Å². The number of β-amino-alcohol motifs (C(OH)–C–C–N with tert-alkyl or cyclic N) is 1. The summed E-state index contributed by atoms with van der Waals surface area (Å²) in [6.07, 6.45) is 4.47. The van der Waals surface area contributed by atoms with E-state index >= 15 is 0 Å². The molecule has 2 bridgehead atoms. The lowest BCUT2D eigenvalue weighted by Gasteiger charge is -2.25. The number of aliphatic hydroxyl groups excluding tert-OH is 1. The van der Waals surface area contributed by atoms with Crippen LogP contribution in [-0.4, -0.2) is 52.3 Å². The molecule has 20 heavy (non-hydrogen) atoms. The highest BCUT2D eigenvalue weighted by atomic mass is 16.4. The fraction of sp³-hybridized carbons (Fsp3) is 0.857. The van der Waals surface area contributed by atoms with Crippen molar-refractivity contribution in [2.75, 3.05) is 13.1 Å². The zero-order valence-corrected chi connectivity index (χ0v) is 11.5. The van der Waals surface area contributed by atoms with Crippen molar-refractivity contribution in [3.05, 3.63) is 0 Å². The Hall–Kier alpha value is -1.30. The number of carbonyl (C=O) groups excluding carboxylic acids is 1. The topological polar surface area (TPSA) is 89.9 Å². The maximum Gasteiger partial charge on any atom is 0.326 e. The Kier molecular flexibility index (Phi) is 3.58. The van der Waals surface area contributed by atoms with Crippen LogP contribution >= 0.6 is 0 Å². The van der Waals surface area contributed by atoms with Gasteiger partial charge in [-0.1, -0.05) is 6.42 Å². The molecule has 3 aliphatic rings. The molecule has 0 radical (unpaired) electrons. The van der Waals surface area contributed by atoms with Gasteiger partial charge in [0.2, 0.25) is 0 Å². The van der Waals surface area contributed by atoms with Gasteiger partial charge in [-0.05, 0) is 37.0 Å². The van der Waals surface area contributed by atoms with Crippen LogP contribution in [-0.2, 0) is 4.79 Å². The van der Waals surface area contributed by atoms with Crippen molar-refractivity contribution in [3.8, 4) is 0 Å². The van der Waals surface area contributed by atoms with Crippen LogP contribution in [0, 0.1) is 17.8 Å². The number of hydrogen-bond donors (Lipinski definition) is 3. The molecule has 3 fully saturated rings. The molecule has 1 aliphatic heterocycles. The Bertz CT molecular complexity index is 414. The summed E-state index contributed by atoms with van der Waals surface area (Å²) in [5.74, 6) is 1.08. The minimum Gasteiger partial charge on any atom is -0.480 e. The third-order valence-electron chi connectivity index (χ3n) is 5.22. The molecule has 2 saturated carbocycles. The predicted octanol–water partition coefficient (Wildman–Crippen LogP) is 0.652. The summed E-state index contributed by atoms with van der Waals surface area (Å²) in [5.41, 5.74) is 0. The summed E-state index contributed by atoms with van der Waals surface area (Å²) >= 11 is 0. The normalized spacial score (nSPS) is 39.2. The number of nitrogens with zero attached hydrogens (tertiary/aromatic N) is 1. The number of rotatable bonds is 3. The molecule has 3 unspecified atom stereocenters.